The van der Waals surface area contributed by atoms with Crippen LogP contribution in [-0.4, -0.2) is 45.8 Å². The van der Waals surface area contributed by atoms with Crippen LogP contribution in [0.4, 0.5) is 0 Å². The molecule has 0 bridgehead atoms. The van der Waals surface area contributed by atoms with Crippen molar-refractivity contribution >= 4 is 10.0 Å². The van der Waals surface area contributed by atoms with Crippen LogP contribution in [0.2, 0.25) is 0 Å². The van der Waals surface area contributed by atoms with Crippen LogP contribution in [0.3, 0.4) is 0 Å². The maximum absolute atomic E-state index is 12.9. The zero-order valence-electron chi connectivity index (χ0n) is 14.6. The van der Waals surface area contributed by atoms with Crippen LogP contribution in [-0.2, 0) is 29.4 Å². The lowest BCUT2D eigenvalue weighted by atomic mass is 10.0. The first-order valence-electron chi connectivity index (χ1n) is 8.73. The van der Waals surface area contributed by atoms with E-state index in [1.807, 2.05) is 37.3 Å². The Morgan fingerprint density at radius 3 is 2.65 bits per heavy atom. The number of nitrogens with zero attached hydrogens (tertiary/aromatic N) is 4. The van der Waals surface area contributed by atoms with Crippen LogP contribution < -0.4 is 0 Å². The molecule has 1 aliphatic heterocycles. The molecule has 0 aliphatic carbocycles. The predicted octanol–water partition coefficient (Wildman–Crippen LogP) is 2.08. The Morgan fingerprint density at radius 1 is 1.15 bits per heavy atom. The first-order chi connectivity index (χ1) is 12.6. The number of hydrogen-bond acceptors (Lipinski definition) is 4. The summed E-state index contributed by atoms with van der Waals surface area (Å²) in [5, 5.41) is 11.7. The average Bonchev–Trinajstić information content (AvgIpc) is 3.25. The molecule has 3 heterocycles. The topological polar surface area (TPSA) is 83.9 Å². The predicted molar refractivity (Wildman–Crippen MR) is 98.1 cm³/mol. The number of aromatic amines is 1. The lowest BCUT2D eigenvalue weighted by molar-refractivity contribution is 0.425. The molecular formula is C18H21N5O2S. The summed E-state index contributed by atoms with van der Waals surface area (Å²) in [5.74, 6) is 0. The van der Waals surface area contributed by atoms with Gasteiger partial charge in [0, 0.05) is 49.1 Å². The Labute approximate surface area is 152 Å². The van der Waals surface area contributed by atoms with Gasteiger partial charge in [0.25, 0.3) is 0 Å². The minimum Gasteiger partial charge on any atom is -0.282 e. The molecule has 1 N–H and O–H groups in total. The van der Waals surface area contributed by atoms with Crippen molar-refractivity contribution < 1.29 is 8.42 Å². The monoisotopic (exact) mass is 371 g/mol. The molecule has 0 fully saturated rings. The fraction of sp³-hybridized carbons (Fsp3) is 0.333. The highest BCUT2D eigenvalue weighted by atomic mass is 32.2. The van der Waals surface area contributed by atoms with Crippen molar-refractivity contribution in [1.82, 2.24) is 24.3 Å². The van der Waals surface area contributed by atoms with E-state index in [1.165, 1.54) is 6.20 Å². The molecule has 0 atom stereocenters. The van der Waals surface area contributed by atoms with Crippen LogP contribution in [0.25, 0.3) is 11.3 Å². The van der Waals surface area contributed by atoms with Crippen molar-refractivity contribution in [2.45, 2.75) is 31.2 Å². The summed E-state index contributed by atoms with van der Waals surface area (Å²) in [6.45, 7) is 3.45. The van der Waals surface area contributed by atoms with Crippen molar-refractivity contribution in [3.8, 4) is 11.3 Å². The van der Waals surface area contributed by atoms with Gasteiger partial charge in [0.1, 0.15) is 4.90 Å². The van der Waals surface area contributed by atoms with Gasteiger partial charge in [-0.15, -0.1) is 0 Å². The summed E-state index contributed by atoms with van der Waals surface area (Å²) in [7, 11) is -3.53. The van der Waals surface area contributed by atoms with Crippen molar-refractivity contribution in [2.24, 2.45) is 0 Å². The van der Waals surface area contributed by atoms with Gasteiger partial charge < -0.3 is 0 Å². The molecule has 7 nitrogen and oxygen atoms in total. The largest absolute Gasteiger partial charge is 0.282 e. The lowest BCUT2D eigenvalue weighted by Crippen LogP contribution is -2.33. The number of sulfonamides is 1. The smallest absolute Gasteiger partial charge is 0.246 e. The summed E-state index contributed by atoms with van der Waals surface area (Å²) in [6, 6.07) is 9.98. The van der Waals surface area contributed by atoms with Crippen molar-refractivity contribution in [3.63, 3.8) is 0 Å². The second-order valence-corrected chi connectivity index (χ2v) is 8.27. The summed E-state index contributed by atoms with van der Waals surface area (Å²) in [4.78, 5) is 0.256. The molecule has 0 saturated heterocycles. The molecule has 1 aromatic carbocycles. The summed E-state index contributed by atoms with van der Waals surface area (Å²) >= 11 is 0. The number of rotatable bonds is 4. The van der Waals surface area contributed by atoms with Gasteiger partial charge in [0.05, 0.1) is 11.9 Å². The number of aromatic nitrogens is 4. The number of aryl methyl sites for hydroxylation is 1. The van der Waals surface area contributed by atoms with E-state index in [2.05, 4.69) is 15.3 Å². The quantitative estimate of drug-likeness (QED) is 0.761. The number of hydrogen-bond donors (Lipinski definition) is 1. The van der Waals surface area contributed by atoms with Gasteiger partial charge in [-0.05, 0) is 13.3 Å². The van der Waals surface area contributed by atoms with Crippen molar-refractivity contribution in [3.05, 3.63) is 54.0 Å². The first kappa shape index (κ1) is 17.0. The Bertz CT molecular complexity index is 1010. The highest BCUT2D eigenvalue weighted by Gasteiger charge is 2.29. The van der Waals surface area contributed by atoms with E-state index in [0.717, 1.165) is 22.5 Å². The van der Waals surface area contributed by atoms with E-state index in [9.17, 15) is 8.42 Å². The molecule has 26 heavy (non-hydrogen) atoms. The molecule has 0 spiro atoms. The van der Waals surface area contributed by atoms with Crippen molar-refractivity contribution in [2.75, 3.05) is 13.1 Å². The first-order valence-corrected chi connectivity index (χ1v) is 10.2. The molecule has 0 radical (unpaired) electrons. The number of H-pyrrole nitrogens is 1. The van der Waals surface area contributed by atoms with Crippen LogP contribution in [0.15, 0.2) is 47.6 Å². The zero-order valence-corrected chi connectivity index (χ0v) is 15.4. The van der Waals surface area contributed by atoms with E-state index in [-0.39, 0.29) is 4.90 Å². The highest BCUT2D eigenvalue weighted by molar-refractivity contribution is 7.89. The Morgan fingerprint density at radius 2 is 1.92 bits per heavy atom. The van der Waals surface area contributed by atoms with Gasteiger partial charge in [-0.3, -0.25) is 9.78 Å². The third-order valence-electron chi connectivity index (χ3n) is 4.79. The van der Waals surface area contributed by atoms with Crippen LogP contribution in [0, 0.1) is 0 Å². The fourth-order valence-corrected chi connectivity index (χ4v) is 4.73. The Hall–Kier alpha value is -2.45. The minimum absolute atomic E-state index is 0.256. The van der Waals surface area contributed by atoms with E-state index < -0.39 is 10.0 Å². The summed E-state index contributed by atoms with van der Waals surface area (Å²) in [5.41, 5.74) is 4.09. The maximum Gasteiger partial charge on any atom is 0.246 e. The molecule has 1 aliphatic rings. The van der Waals surface area contributed by atoms with Crippen LogP contribution in [0.5, 0.6) is 0 Å². The minimum atomic E-state index is -3.53. The molecule has 136 valence electrons. The van der Waals surface area contributed by atoms with Gasteiger partial charge in [0.2, 0.25) is 10.0 Å². The second kappa shape index (κ2) is 6.69. The highest BCUT2D eigenvalue weighted by Crippen LogP contribution is 2.28. The molecule has 0 amide bonds. The van der Waals surface area contributed by atoms with E-state index in [4.69, 9.17) is 0 Å². The normalized spacial score (nSPS) is 15.6. The fourth-order valence-electron chi connectivity index (χ4n) is 3.34. The van der Waals surface area contributed by atoms with E-state index in [0.29, 0.717) is 32.5 Å². The third kappa shape index (κ3) is 2.95. The second-order valence-electron chi connectivity index (χ2n) is 6.33. The summed E-state index contributed by atoms with van der Waals surface area (Å²) in [6.07, 6.45) is 4.28. The van der Waals surface area contributed by atoms with Crippen LogP contribution in [0.1, 0.15) is 18.2 Å². The Balaban J connectivity index is 1.60. The number of benzene rings is 1. The van der Waals surface area contributed by atoms with Gasteiger partial charge in [-0.2, -0.15) is 14.5 Å². The molecule has 4 rings (SSSR count). The number of fused-ring (bicyclic) bond motifs is 1. The number of nitrogens with one attached hydrogen (secondary N) is 1. The van der Waals surface area contributed by atoms with Gasteiger partial charge in [-0.25, -0.2) is 8.42 Å². The van der Waals surface area contributed by atoms with Crippen LogP contribution >= 0.6 is 0 Å². The van der Waals surface area contributed by atoms with Crippen molar-refractivity contribution in [1.29, 1.82) is 0 Å². The summed E-state index contributed by atoms with van der Waals surface area (Å²) < 4.78 is 29.1. The van der Waals surface area contributed by atoms with Gasteiger partial charge in [0.15, 0.2) is 0 Å². The molecule has 8 heteroatoms. The van der Waals surface area contributed by atoms with Gasteiger partial charge in [-0.1, -0.05) is 30.3 Å². The van der Waals surface area contributed by atoms with E-state index >= 15 is 0 Å². The van der Waals surface area contributed by atoms with Gasteiger partial charge >= 0.3 is 0 Å². The molecule has 0 saturated carbocycles. The average molecular weight is 371 g/mol. The molecule has 2 aromatic heterocycles. The third-order valence-corrected chi connectivity index (χ3v) is 6.65. The maximum atomic E-state index is 12.9. The molecular weight excluding hydrogens is 350 g/mol. The lowest BCUT2D eigenvalue weighted by Gasteiger charge is -2.18. The SMILES string of the molecule is CCn1cc(S(=O)(=O)N2CCc3[nH]nc(-c4ccccc4)c3CC2)cn1. The molecule has 0 unspecified atom stereocenters. The Kier molecular flexibility index (Phi) is 4.37. The zero-order chi connectivity index (χ0) is 18.1. The standard InChI is InChI=1S/C18H21N5O2S/c1-2-22-13-15(12-19-22)26(24,25)23-10-8-16-17(9-11-23)20-21-18(16)14-6-4-3-5-7-14/h3-7,12-13H,2,8-11H2,1H3,(H,20,21). The molecule has 3 aromatic rings. The van der Waals surface area contributed by atoms with E-state index in [1.54, 1.807) is 15.2 Å².